The first kappa shape index (κ1) is 16.2. The van der Waals surface area contributed by atoms with E-state index in [1.54, 1.807) is 0 Å². The van der Waals surface area contributed by atoms with Crippen LogP contribution in [0.4, 0.5) is 0 Å². The first-order valence-electron chi connectivity index (χ1n) is 7.31. The molecule has 6 heteroatoms. The van der Waals surface area contributed by atoms with E-state index in [-0.39, 0.29) is 35.0 Å². The molecule has 3 unspecified atom stereocenters. The molecule has 118 valence electrons. The molecule has 0 saturated carbocycles. The first-order valence-corrected chi connectivity index (χ1v) is 9.13. The third-order valence-corrected chi connectivity index (χ3v) is 6.72. The Morgan fingerprint density at radius 1 is 1.25 bits per heavy atom. The molecule has 0 aliphatic carbocycles. The van der Waals surface area contributed by atoms with E-state index in [9.17, 15) is 8.42 Å². The fourth-order valence-electron chi connectivity index (χ4n) is 3.65. The Bertz CT molecular complexity index is 473. The predicted octanol–water partition coefficient (Wildman–Crippen LogP) is 0.636. The smallest absolute Gasteiger partial charge is 0.151 e. The number of hydrogen-bond donors (Lipinski definition) is 1. The molecule has 3 atom stereocenters. The molecule has 2 aliphatic heterocycles. The highest BCUT2D eigenvalue weighted by atomic mass is 32.2. The summed E-state index contributed by atoms with van der Waals surface area (Å²) in [6.07, 6.45) is 0.728. The summed E-state index contributed by atoms with van der Waals surface area (Å²) >= 11 is 0. The minimum Gasteiger partial charge on any atom is -0.368 e. The highest BCUT2D eigenvalue weighted by Gasteiger charge is 2.52. The number of nitrogens with two attached hydrogens (primary N) is 1. The molecule has 0 amide bonds. The van der Waals surface area contributed by atoms with E-state index in [2.05, 4.69) is 18.7 Å². The van der Waals surface area contributed by atoms with E-state index in [4.69, 9.17) is 10.5 Å². The summed E-state index contributed by atoms with van der Waals surface area (Å²) < 4.78 is 29.3. The number of ether oxygens (including phenoxy) is 1. The van der Waals surface area contributed by atoms with Crippen molar-refractivity contribution in [2.24, 2.45) is 11.7 Å². The van der Waals surface area contributed by atoms with E-state index in [1.165, 1.54) is 0 Å². The van der Waals surface area contributed by atoms with Gasteiger partial charge in [-0.2, -0.15) is 0 Å². The predicted molar refractivity (Wildman–Crippen MR) is 80.4 cm³/mol. The summed E-state index contributed by atoms with van der Waals surface area (Å²) in [7, 11) is -0.844. The Morgan fingerprint density at radius 3 is 2.25 bits per heavy atom. The second-order valence-electron chi connectivity index (χ2n) is 7.44. The highest BCUT2D eigenvalue weighted by Crippen LogP contribution is 2.41. The number of nitrogens with zero attached hydrogens (tertiary/aromatic N) is 1. The minimum absolute atomic E-state index is 0.0436. The van der Waals surface area contributed by atoms with Gasteiger partial charge in [-0.3, -0.25) is 0 Å². The second kappa shape index (κ2) is 4.93. The van der Waals surface area contributed by atoms with Crippen molar-refractivity contribution in [2.45, 2.75) is 57.4 Å². The highest BCUT2D eigenvalue weighted by molar-refractivity contribution is 7.91. The molecule has 2 rings (SSSR count). The monoisotopic (exact) mass is 304 g/mol. The summed E-state index contributed by atoms with van der Waals surface area (Å²) in [5.74, 6) is 0.783. The average molecular weight is 304 g/mol. The summed E-state index contributed by atoms with van der Waals surface area (Å²) in [6, 6.07) is 0.0738. The Hall–Kier alpha value is -0.170. The summed E-state index contributed by atoms with van der Waals surface area (Å²) in [6.45, 7) is 8.98. The van der Waals surface area contributed by atoms with E-state index < -0.39 is 9.84 Å². The second-order valence-corrected chi connectivity index (χ2v) is 9.67. The van der Waals surface area contributed by atoms with Gasteiger partial charge in [0.1, 0.15) is 0 Å². The van der Waals surface area contributed by atoms with Crippen LogP contribution in [0.15, 0.2) is 0 Å². The SMILES string of the molecule is CN(CC1C(N)C(C)(C)OC1(C)C)C1CCS(=O)(=O)C1. The molecule has 2 aliphatic rings. The zero-order chi connectivity index (χ0) is 15.3. The number of sulfone groups is 1. The van der Waals surface area contributed by atoms with E-state index in [0.717, 1.165) is 13.0 Å². The maximum Gasteiger partial charge on any atom is 0.151 e. The molecule has 0 aromatic heterocycles. The fraction of sp³-hybridized carbons (Fsp3) is 1.00. The van der Waals surface area contributed by atoms with Crippen LogP contribution in [0.25, 0.3) is 0 Å². The maximum absolute atomic E-state index is 11.6. The van der Waals surface area contributed by atoms with Crippen molar-refractivity contribution in [1.82, 2.24) is 4.90 Å². The molecule has 5 nitrogen and oxygen atoms in total. The molecular formula is C14H28N2O3S. The molecule has 20 heavy (non-hydrogen) atoms. The molecule has 2 heterocycles. The summed E-state index contributed by atoms with van der Waals surface area (Å²) in [5.41, 5.74) is 5.74. The van der Waals surface area contributed by atoms with Gasteiger partial charge in [0.2, 0.25) is 0 Å². The lowest BCUT2D eigenvalue weighted by atomic mass is 9.82. The van der Waals surface area contributed by atoms with Gasteiger partial charge >= 0.3 is 0 Å². The van der Waals surface area contributed by atoms with E-state index >= 15 is 0 Å². The molecule has 0 aromatic rings. The van der Waals surface area contributed by atoms with Crippen molar-refractivity contribution >= 4 is 9.84 Å². The van der Waals surface area contributed by atoms with Crippen LogP contribution in [-0.4, -0.2) is 61.7 Å². The van der Waals surface area contributed by atoms with Gasteiger partial charge in [0, 0.05) is 24.5 Å². The van der Waals surface area contributed by atoms with E-state index in [0.29, 0.717) is 5.75 Å². The van der Waals surface area contributed by atoms with Gasteiger partial charge in [-0.15, -0.1) is 0 Å². The van der Waals surface area contributed by atoms with Crippen LogP contribution in [0.2, 0.25) is 0 Å². The molecule has 2 fully saturated rings. The third kappa shape index (κ3) is 3.03. The van der Waals surface area contributed by atoms with Crippen LogP contribution in [0.1, 0.15) is 34.1 Å². The van der Waals surface area contributed by atoms with Crippen molar-refractivity contribution in [3.05, 3.63) is 0 Å². The van der Waals surface area contributed by atoms with Crippen LogP contribution in [0.5, 0.6) is 0 Å². The van der Waals surface area contributed by atoms with Crippen LogP contribution < -0.4 is 5.73 Å². The van der Waals surface area contributed by atoms with E-state index in [1.807, 2.05) is 20.9 Å². The Labute approximate surface area is 122 Å². The van der Waals surface area contributed by atoms with Crippen molar-refractivity contribution < 1.29 is 13.2 Å². The number of rotatable bonds is 3. The van der Waals surface area contributed by atoms with Gasteiger partial charge in [0.25, 0.3) is 0 Å². The van der Waals surface area contributed by atoms with Crippen molar-refractivity contribution in [2.75, 3.05) is 25.1 Å². The number of hydrogen-bond acceptors (Lipinski definition) is 5. The van der Waals surface area contributed by atoms with Crippen molar-refractivity contribution in [3.63, 3.8) is 0 Å². The normalized spacial score (nSPS) is 38.5. The lowest BCUT2D eigenvalue weighted by Crippen LogP contribution is -2.49. The first-order chi connectivity index (χ1) is 8.95. The molecule has 0 radical (unpaired) electrons. The summed E-state index contributed by atoms with van der Waals surface area (Å²) in [5, 5.41) is 0. The topological polar surface area (TPSA) is 72.6 Å². The molecule has 2 saturated heterocycles. The minimum atomic E-state index is -2.84. The van der Waals surface area contributed by atoms with Gasteiger partial charge in [-0.25, -0.2) is 8.42 Å². The van der Waals surface area contributed by atoms with Gasteiger partial charge in [-0.05, 0) is 41.2 Å². The molecule has 0 bridgehead atoms. The van der Waals surface area contributed by atoms with Crippen molar-refractivity contribution in [1.29, 1.82) is 0 Å². The molecular weight excluding hydrogens is 276 g/mol. The summed E-state index contributed by atoms with van der Waals surface area (Å²) in [4.78, 5) is 2.15. The maximum atomic E-state index is 11.6. The standard InChI is InChI=1S/C14H28N2O3S/c1-13(2)11(12(15)14(3,4)19-13)8-16(5)10-6-7-20(17,18)9-10/h10-12H,6-9,15H2,1-5H3. The Morgan fingerprint density at radius 2 is 1.85 bits per heavy atom. The van der Waals surface area contributed by atoms with Crippen LogP contribution in [0.3, 0.4) is 0 Å². The van der Waals surface area contributed by atoms with Gasteiger partial charge in [-0.1, -0.05) is 0 Å². The lowest BCUT2D eigenvalue weighted by molar-refractivity contribution is -0.0785. The van der Waals surface area contributed by atoms with Crippen molar-refractivity contribution in [3.8, 4) is 0 Å². The van der Waals surface area contributed by atoms with Gasteiger partial charge in [0.15, 0.2) is 9.84 Å². The molecule has 0 spiro atoms. The average Bonchev–Trinajstić information content (AvgIpc) is 2.69. The quantitative estimate of drug-likeness (QED) is 0.828. The van der Waals surface area contributed by atoms with Crippen LogP contribution in [0, 0.1) is 5.92 Å². The zero-order valence-electron chi connectivity index (χ0n) is 13.2. The van der Waals surface area contributed by atoms with Gasteiger partial charge in [0.05, 0.1) is 22.7 Å². The largest absolute Gasteiger partial charge is 0.368 e. The fourth-order valence-corrected chi connectivity index (χ4v) is 5.46. The molecule has 2 N–H and O–H groups in total. The van der Waals surface area contributed by atoms with Crippen LogP contribution in [-0.2, 0) is 14.6 Å². The molecule has 0 aromatic carbocycles. The van der Waals surface area contributed by atoms with Gasteiger partial charge < -0.3 is 15.4 Å². The Balaban J connectivity index is 2.06. The van der Waals surface area contributed by atoms with Crippen LogP contribution >= 0.6 is 0 Å². The Kier molecular flexibility index (Phi) is 4.00. The third-order valence-electron chi connectivity index (χ3n) is 4.97. The lowest BCUT2D eigenvalue weighted by Gasteiger charge is -2.33. The zero-order valence-corrected chi connectivity index (χ0v) is 14.0.